The molecule has 0 bridgehead atoms. The molecule has 2 aliphatic heterocycles. The van der Waals surface area contributed by atoms with Crippen LogP contribution >= 0.6 is 24.2 Å². The first-order valence-corrected chi connectivity index (χ1v) is 8.48. The predicted octanol–water partition coefficient (Wildman–Crippen LogP) is 4.81. The molecule has 0 aliphatic carbocycles. The maximum Gasteiger partial charge on any atom is 0.0555 e. The Labute approximate surface area is 142 Å². The van der Waals surface area contributed by atoms with E-state index in [1.807, 2.05) is 11.8 Å². The molecule has 0 N–H and O–H groups in total. The van der Waals surface area contributed by atoms with Gasteiger partial charge >= 0.3 is 0 Å². The number of piperidine rings is 1. The average Bonchev–Trinajstić information content (AvgIpc) is 2.52. The first kappa shape index (κ1) is 15.7. The predicted molar refractivity (Wildman–Crippen MR) is 96.9 cm³/mol. The lowest BCUT2D eigenvalue weighted by molar-refractivity contribution is 0.250. The Balaban J connectivity index is 0.00000144. The van der Waals surface area contributed by atoms with E-state index in [9.17, 15) is 0 Å². The fraction of sp³-hybridized carbons (Fsp3) is 0.333. The third-order valence-electron chi connectivity index (χ3n) is 4.43. The van der Waals surface area contributed by atoms with E-state index >= 15 is 0 Å². The van der Waals surface area contributed by atoms with Crippen molar-refractivity contribution in [1.29, 1.82) is 0 Å². The largest absolute Gasteiger partial charge is 0.335 e. The number of para-hydroxylation sites is 2. The standard InChI is InChI=1S/C18H20N2S.ClH/c1-19-12-6-7-14(13-19)20-15-8-2-4-10-17(15)21-18-11-5-3-9-16(18)20;/h2-5,8-11,14H,6-7,12-13H2,1H3;1H. The molecular formula is C18H21ClN2S. The minimum atomic E-state index is 0. The first-order chi connectivity index (χ1) is 10.3. The number of likely N-dealkylation sites (N-methyl/N-ethyl adjacent to an activating group) is 1. The number of likely N-dealkylation sites (tertiary alicyclic amines) is 1. The summed E-state index contributed by atoms with van der Waals surface area (Å²) in [7, 11) is 2.24. The molecule has 1 unspecified atom stereocenters. The van der Waals surface area contributed by atoms with Gasteiger partial charge in [0.15, 0.2) is 0 Å². The second-order valence-electron chi connectivity index (χ2n) is 5.97. The van der Waals surface area contributed by atoms with Gasteiger partial charge in [-0.05, 0) is 50.7 Å². The second kappa shape index (κ2) is 6.53. The highest BCUT2D eigenvalue weighted by atomic mass is 35.5. The monoisotopic (exact) mass is 332 g/mol. The van der Waals surface area contributed by atoms with Gasteiger partial charge in [0.1, 0.15) is 0 Å². The molecule has 4 heteroatoms. The van der Waals surface area contributed by atoms with Gasteiger partial charge in [0.25, 0.3) is 0 Å². The number of anilines is 2. The van der Waals surface area contributed by atoms with Crippen LogP contribution in [0.3, 0.4) is 0 Å². The molecule has 2 aromatic rings. The summed E-state index contributed by atoms with van der Waals surface area (Å²) in [4.78, 5) is 7.80. The van der Waals surface area contributed by atoms with E-state index < -0.39 is 0 Å². The van der Waals surface area contributed by atoms with Crippen LogP contribution in [-0.4, -0.2) is 31.1 Å². The smallest absolute Gasteiger partial charge is 0.0555 e. The van der Waals surface area contributed by atoms with Crippen molar-refractivity contribution >= 4 is 35.5 Å². The third kappa shape index (κ3) is 2.73. The van der Waals surface area contributed by atoms with Crippen molar-refractivity contribution in [2.45, 2.75) is 28.7 Å². The highest BCUT2D eigenvalue weighted by Crippen LogP contribution is 2.49. The first-order valence-electron chi connectivity index (χ1n) is 7.66. The van der Waals surface area contributed by atoms with Crippen molar-refractivity contribution in [3.63, 3.8) is 0 Å². The molecular weight excluding hydrogens is 312 g/mol. The summed E-state index contributed by atoms with van der Waals surface area (Å²) >= 11 is 1.90. The number of fused-ring (bicyclic) bond motifs is 2. The molecule has 22 heavy (non-hydrogen) atoms. The molecule has 2 aromatic carbocycles. The van der Waals surface area contributed by atoms with Crippen LogP contribution in [0.25, 0.3) is 0 Å². The van der Waals surface area contributed by atoms with Gasteiger partial charge in [0, 0.05) is 22.4 Å². The van der Waals surface area contributed by atoms with Crippen LogP contribution in [-0.2, 0) is 0 Å². The van der Waals surface area contributed by atoms with Crippen LogP contribution < -0.4 is 4.90 Å². The van der Waals surface area contributed by atoms with E-state index in [-0.39, 0.29) is 12.4 Å². The Morgan fingerprint density at radius 1 is 0.955 bits per heavy atom. The lowest BCUT2D eigenvalue weighted by Crippen LogP contribution is -2.45. The van der Waals surface area contributed by atoms with Crippen molar-refractivity contribution in [3.05, 3.63) is 48.5 Å². The number of halogens is 1. The lowest BCUT2D eigenvalue weighted by Gasteiger charge is -2.42. The molecule has 2 nitrogen and oxygen atoms in total. The summed E-state index contributed by atoms with van der Waals surface area (Å²) in [5, 5.41) is 0. The fourth-order valence-corrected chi connectivity index (χ4v) is 4.55. The van der Waals surface area contributed by atoms with Crippen LogP contribution in [0.2, 0.25) is 0 Å². The Kier molecular flexibility index (Phi) is 4.67. The molecule has 0 aromatic heterocycles. The summed E-state index contributed by atoms with van der Waals surface area (Å²) in [6, 6.07) is 18.2. The zero-order chi connectivity index (χ0) is 14.2. The molecule has 0 spiro atoms. The quantitative estimate of drug-likeness (QED) is 0.740. The van der Waals surface area contributed by atoms with Gasteiger partial charge in [-0.25, -0.2) is 0 Å². The highest BCUT2D eigenvalue weighted by molar-refractivity contribution is 7.99. The van der Waals surface area contributed by atoms with Gasteiger partial charge in [-0.15, -0.1) is 12.4 Å². The van der Waals surface area contributed by atoms with Crippen molar-refractivity contribution in [2.75, 3.05) is 25.0 Å². The fourth-order valence-electron chi connectivity index (χ4n) is 3.48. The zero-order valence-corrected chi connectivity index (χ0v) is 14.4. The minimum Gasteiger partial charge on any atom is -0.335 e. The normalized spacial score (nSPS) is 20.8. The van der Waals surface area contributed by atoms with Gasteiger partial charge in [-0.2, -0.15) is 0 Å². The van der Waals surface area contributed by atoms with Crippen LogP contribution in [0.5, 0.6) is 0 Å². The number of hydrogen-bond donors (Lipinski definition) is 0. The molecule has 4 rings (SSSR count). The number of nitrogens with zero attached hydrogens (tertiary/aromatic N) is 2. The van der Waals surface area contributed by atoms with E-state index in [0.29, 0.717) is 6.04 Å². The van der Waals surface area contributed by atoms with Crippen molar-refractivity contribution in [1.82, 2.24) is 4.90 Å². The Morgan fingerprint density at radius 2 is 1.55 bits per heavy atom. The summed E-state index contributed by atoms with van der Waals surface area (Å²) in [6.07, 6.45) is 2.56. The van der Waals surface area contributed by atoms with Gasteiger partial charge in [-0.1, -0.05) is 36.0 Å². The molecule has 1 saturated heterocycles. The van der Waals surface area contributed by atoms with Crippen LogP contribution in [0.4, 0.5) is 11.4 Å². The van der Waals surface area contributed by atoms with Gasteiger partial charge < -0.3 is 9.80 Å². The minimum absolute atomic E-state index is 0. The van der Waals surface area contributed by atoms with E-state index in [1.165, 1.54) is 40.6 Å². The van der Waals surface area contributed by atoms with Crippen LogP contribution in [0, 0.1) is 0 Å². The molecule has 1 fully saturated rings. The maximum atomic E-state index is 2.58. The maximum absolute atomic E-state index is 2.58. The van der Waals surface area contributed by atoms with Crippen molar-refractivity contribution in [2.24, 2.45) is 0 Å². The topological polar surface area (TPSA) is 6.48 Å². The zero-order valence-electron chi connectivity index (χ0n) is 12.7. The van der Waals surface area contributed by atoms with E-state index in [0.717, 1.165) is 6.54 Å². The number of rotatable bonds is 1. The van der Waals surface area contributed by atoms with E-state index in [4.69, 9.17) is 0 Å². The molecule has 0 saturated carbocycles. The molecule has 0 radical (unpaired) electrons. The summed E-state index contributed by atoms with van der Waals surface area (Å²) in [5.74, 6) is 0. The van der Waals surface area contributed by atoms with Crippen LogP contribution in [0.1, 0.15) is 12.8 Å². The van der Waals surface area contributed by atoms with Crippen molar-refractivity contribution in [3.8, 4) is 0 Å². The Bertz CT molecular complexity index is 616. The van der Waals surface area contributed by atoms with Crippen molar-refractivity contribution < 1.29 is 0 Å². The highest BCUT2D eigenvalue weighted by Gasteiger charge is 2.30. The SMILES string of the molecule is CN1CCCC(N2c3ccccc3Sc3ccccc32)C1.Cl. The molecule has 116 valence electrons. The number of benzene rings is 2. The Morgan fingerprint density at radius 3 is 2.14 bits per heavy atom. The molecule has 0 amide bonds. The van der Waals surface area contributed by atoms with E-state index in [2.05, 4.69) is 65.4 Å². The van der Waals surface area contributed by atoms with Gasteiger partial charge in [-0.3, -0.25) is 0 Å². The average molecular weight is 333 g/mol. The Hall–Kier alpha value is -1.16. The van der Waals surface area contributed by atoms with Gasteiger partial charge in [0.05, 0.1) is 11.4 Å². The second-order valence-corrected chi connectivity index (χ2v) is 7.05. The third-order valence-corrected chi connectivity index (χ3v) is 5.56. The van der Waals surface area contributed by atoms with E-state index in [1.54, 1.807) is 0 Å². The summed E-state index contributed by atoms with van der Waals surface area (Å²) in [6.45, 7) is 2.37. The summed E-state index contributed by atoms with van der Waals surface area (Å²) < 4.78 is 0. The molecule has 2 heterocycles. The number of hydrogen-bond acceptors (Lipinski definition) is 3. The van der Waals surface area contributed by atoms with Gasteiger partial charge in [0.2, 0.25) is 0 Å². The molecule has 1 atom stereocenters. The van der Waals surface area contributed by atoms with Crippen LogP contribution in [0.15, 0.2) is 58.3 Å². The lowest BCUT2D eigenvalue weighted by atomic mass is 10.0. The summed E-state index contributed by atoms with van der Waals surface area (Å²) in [5.41, 5.74) is 2.75. The molecule has 2 aliphatic rings.